The summed E-state index contributed by atoms with van der Waals surface area (Å²) in [6, 6.07) is 8.93. The van der Waals surface area contributed by atoms with Crippen LogP contribution >= 0.6 is 11.6 Å². The number of aromatic amines is 1. The predicted octanol–water partition coefficient (Wildman–Crippen LogP) is 3.29. The topological polar surface area (TPSA) is 75.3 Å². The summed E-state index contributed by atoms with van der Waals surface area (Å²) in [6.07, 6.45) is 3.12. The van der Waals surface area contributed by atoms with Crippen molar-refractivity contribution in [3.05, 3.63) is 41.0 Å². The smallest absolute Gasteiger partial charge is 0.356 e. The van der Waals surface area contributed by atoms with Gasteiger partial charge in [-0.1, -0.05) is 23.7 Å². The molecule has 3 rings (SSSR count). The van der Waals surface area contributed by atoms with Gasteiger partial charge in [-0.3, -0.25) is 9.89 Å². The number of rotatable bonds is 4. The lowest BCUT2D eigenvalue weighted by Crippen LogP contribution is -2.44. The first-order valence-corrected chi connectivity index (χ1v) is 8.70. The molecule has 2 heterocycles. The number of nitrogens with one attached hydrogen (secondary N) is 1. The van der Waals surface area contributed by atoms with Crippen LogP contribution in [-0.4, -0.2) is 46.2 Å². The van der Waals surface area contributed by atoms with Gasteiger partial charge in [0.05, 0.1) is 5.69 Å². The van der Waals surface area contributed by atoms with E-state index in [9.17, 15) is 9.59 Å². The lowest BCUT2D eigenvalue weighted by atomic mass is 10.0. The van der Waals surface area contributed by atoms with Crippen molar-refractivity contribution >= 4 is 23.5 Å². The molecule has 0 unspecified atom stereocenters. The van der Waals surface area contributed by atoms with Gasteiger partial charge in [-0.15, -0.1) is 0 Å². The van der Waals surface area contributed by atoms with Crippen molar-refractivity contribution in [3.63, 3.8) is 0 Å². The molecular weight excluding hydrogens is 342 g/mol. The lowest BCUT2D eigenvalue weighted by molar-refractivity contribution is -0.137. The molecule has 2 aromatic rings. The molecule has 1 aromatic carbocycles. The van der Waals surface area contributed by atoms with Crippen molar-refractivity contribution in [1.29, 1.82) is 0 Å². The van der Waals surface area contributed by atoms with Gasteiger partial charge in [-0.2, -0.15) is 5.10 Å². The Kier molecular flexibility index (Phi) is 5.38. The summed E-state index contributed by atoms with van der Waals surface area (Å²) in [5, 5.41) is 7.38. The second kappa shape index (κ2) is 7.70. The molecule has 1 aromatic heterocycles. The number of carbonyl (C=O) groups is 2. The number of esters is 1. The monoisotopic (exact) mass is 361 g/mol. The van der Waals surface area contributed by atoms with Gasteiger partial charge in [0, 0.05) is 23.2 Å². The highest BCUT2D eigenvalue weighted by molar-refractivity contribution is 6.30. The molecule has 1 aliphatic heterocycles. The first-order chi connectivity index (χ1) is 12.0. The van der Waals surface area contributed by atoms with Crippen molar-refractivity contribution in [2.75, 3.05) is 13.2 Å². The van der Waals surface area contributed by atoms with E-state index in [0.29, 0.717) is 10.7 Å². The maximum Gasteiger partial charge on any atom is 0.356 e. The minimum absolute atomic E-state index is 0.155. The van der Waals surface area contributed by atoms with E-state index in [0.717, 1.165) is 31.4 Å². The SMILES string of the molecule is C[C@H]1CCCCN1C(=O)COC(=O)c1cc(-c2ccc(Cl)cc2)n[nH]1. The van der Waals surface area contributed by atoms with Crippen molar-refractivity contribution in [1.82, 2.24) is 15.1 Å². The standard InChI is InChI=1S/C18H20ClN3O3/c1-12-4-2-3-9-22(12)17(23)11-25-18(24)16-10-15(20-21-16)13-5-7-14(19)8-6-13/h5-8,10,12H,2-4,9,11H2,1H3,(H,20,21)/t12-/m0/s1. The van der Waals surface area contributed by atoms with Crippen LogP contribution in [0, 0.1) is 0 Å². The van der Waals surface area contributed by atoms with Crippen LogP contribution in [-0.2, 0) is 9.53 Å². The molecule has 0 saturated carbocycles. The van der Waals surface area contributed by atoms with E-state index in [1.807, 2.05) is 19.1 Å². The van der Waals surface area contributed by atoms with E-state index in [2.05, 4.69) is 10.2 Å². The van der Waals surface area contributed by atoms with Crippen LogP contribution in [0.25, 0.3) is 11.3 Å². The number of nitrogens with zero attached hydrogens (tertiary/aromatic N) is 2. The summed E-state index contributed by atoms with van der Waals surface area (Å²) in [5.74, 6) is -0.747. The molecule has 0 aliphatic carbocycles. The van der Waals surface area contributed by atoms with Crippen LogP contribution in [0.1, 0.15) is 36.7 Å². The third kappa shape index (κ3) is 4.20. The van der Waals surface area contributed by atoms with Crippen LogP contribution < -0.4 is 0 Å². The molecule has 0 bridgehead atoms. The first kappa shape index (κ1) is 17.5. The third-order valence-corrected chi connectivity index (χ3v) is 4.64. The van der Waals surface area contributed by atoms with E-state index in [1.165, 1.54) is 0 Å². The summed E-state index contributed by atoms with van der Waals surface area (Å²) in [7, 11) is 0. The molecule has 1 atom stereocenters. The molecule has 0 spiro atoms. The van der Waals surface area contributed by atoms with Crippen molar-refractivity contribution in [2.45, 2.75) is 32.2 Å². The molecule has 1 aliphatic rings. The van der Waals surface area contributed by atoms with Gasteiger partial charge >= 0.3 is 5.97 Å². The van der Waals surface area contributed by atoms with Gasteiger partial charge in [-0.05, 0) is 44.4 Å². The van der Waals surface area contributed by atoms with Crippen LogP contribution in [0.3, 0.4) is 0 Å². The fourth-order valence-electron chi connectivity index (χ4n) is 2.95. The minimum atomic E-state index is -0.592. The van der Waals surface area contributed by atoms with Crippen LogP contribution in [0.15, 0.2) is 30.3 Å². The average Bonchev–Trinajstić information content (AvgIpc) is 3.10. The summed E-state index contributed by atoms with van der Waals surface area (Å²) in [4.78, 5) is 26.1. The molecule has 1 amide bonds. The lowest BCUT2D eigenvalue weighted by Gasteiger charge is -2.33. The first-order valence-electron chi connectivity index (χ1n) is 8.32. The number of halogens is 1. The molecule has 6 nitrogen and oxygen atoms in total. The fraction of sp³-hybridized carbons (Fsp3) is 0.389. The van der Waals surface area contributed by atoms with Gasteiger partial charge in [-0.25, -0.2) is 4.79 Å². The Morgan fingerprint density at radius 1 is 1.32 bits per heavy atom. The highest BCUT2D eigenvalue weighted by Gasteiger charge is 2.24. The normalized spacial score (nSPS) is 17.4. The van der Waals surface area contributed by atoms with Crippen LogP contribution in [0.4, 0.5) is 0 Å². The second-order valence-corrected chi connectivity index (χ2v) is 6.62. The molecule has 25 heavy (non-hydrogen) atoms. The summed E-state index contributed by atoms with van der Waals surface area (Å²) in [6.45, 7) is 2.49. The van der Waals surface area contributed by atoms with Crippen LogP contribution in [0.5, 0.6) is 0 Å². The Bertz CT molecular complexity index is 757. The van der Waals surface area contributed by atoms with Gasteiger partial charge in [0.2, 0.25) is 0 Å². The van der Waals surface area contributed by atoms with Crippen molar-refractivity contribution < 1.29 is 14.3 Å². The number of carbonyl (C=O) groups excluding carboxylic acids is 2. The number of hydrogen-bond donors (Lipinski definition) is 1. The summed E-state index contributed by atoms with van der Waals surface area (Å²) < 4.78 is 5.14. The van der Waals surface area contributed by atoms with E-state index in [-0.39, 0.29) is 24.2 Å². The highest BCUT2D eigenvalue weighted by atomic mass is 35.5. The van der Waals surface area contributed by atoms with E-state index in [1.54, 1.807) is 23.1 Å². The van der Waals surface area contributed by atoms with Gasteiger partial charge in [0.15, 0.2) is 6.61 Å². The van der Waals surface area contributed by atoms with E-state index in [4.69, 9.17) is 16.3 Å². The fourth-order valence-corrected chi connectivity index (χ4v) is 3.08. The Hall–Kier alpha value is -2.34. The number of piperidine rings is 1. The van der Waals surface area contributed by atoms with E-state index < -0.39 is 5.97 Å². The molecule has 132 valence electrons. The number of likely N-dealkylation sites (tertiary alicyclic amines) is 1. The Morgan fingerprint density at radius 2 is 2.08 bits per heavy atom. The second-order valence-electron chi connectivity index (χ2n) is 6.18. The Labute approximate surface area is 151 Å². The zero-order valence-electron chi connectivity index (χ0n) is 14.0. The Morgan fingerprint density at radius 3 is 2.80 bits per heavy atom. The molecular formula is C18H20ClN3O3. The number of H-pyrrole nitrogens is 1. The maximum absolute atomic E-state index is 12.2. The molecule has 1 N–H and O–H groups in total. The van der Waals surface area contributed by atoms with E-state index >= 15 is 0 Å². The molecule has 7 heteroatoms. The highest BCUT2D eigenvalue weighted by Crippen LogP contribution is 2.20. The quantitative estimate of drug-likeness (QED) is 0.848. The summed E-state index contributed by atoms with van der Waals surface area (Å²) >= 11 is 5.86. The van der Waals surface area contributed by atoms with Gasteiger partial charge < -0.3 is 9.64 Å². The number of benzene rings is 1. The minimum Gasteiger partial charge on any atom is -0.451 e. The zero-order chi connectivity index (χ0) is 17.8. The van der Waals surface area contributed by atoms with Gasteiger partial charge in [0.1, 0.15) is 5.69 Å². The van der Waals surface area contributed by atoms with Crippen molar-refractivity contribution in [3.8, 4) is 11.3 Å². The summed E-state index contributed by atoms with van der Waals surface area (Å²) in [5.41, 5.74) is 1.65. The number of ether oxygens (including phenoxy) is 1. The molecule has 0 radical (unpaired) electrons. The number of hydrogen-bond acceptors (Lipinski definition) is 4. The number of aromatic nitrogens is 2. The maximum atomic E-state index is 12.2. The predicted molar refractivity (Wildman–Crippen MR) is 94.3 cm³/mol. The van der Waals surface area contributed by atoms with Crippen LogP contribution in [0.2, 0.25) is 5.02 Å². The van der Waals surface area contributed by atoms with Crippen molar-refractivity contribution in [2.24, 2.45) is 0 Å². The molecule has 1 saturated heterocycles. The third-order valence-electron chi connectivity index (χ3n) is 4.39. The number of amides is 1. The Balaban J connectivity index is 1.58. The largest absolute Gasteiger partial charge is 0.451 e. The zero-order valence-corrected chi connectivity index (χ0v) is 14.8. The van der Waals surface area contributed by atoms with Gasteiger partial charge in [0.25, 0.3) is 5.91 Å². The molecule has 1 fully saturated rings. The average molecular weight is 362 g/mol.